The molecule has 3 nitrogen and oxygen atoms in total. The van der Waals surface area contributed by atoms with Gasteiger partial charge in [-0.25, -0.2) is 0 Å². The largest absolute Gasteiger partial charge is 0.496 e. The Labute approximate surface area is 93.6 Å². The van der Waals surface area contributed by atoms with Crippen molar-refractivity contribution in [3.8, 4) is 5.75 Å². The number of carboxylic acids is 1. The van der Waals surface area contributed by atoms with Crippen molar-refractivity contribution in [1.82, 2.24) is 0 Å². The molecular weight excluding hydrogens is 216 g/mol. The van der Waals surface area contributed by atoms with E-state index in [-0.39, 0.29) is 0 Å². The summed E-state index contributed by atoms with van der Waals surface area (Å²) in [7, 11) is 1.50. The van der Waals surface area contributed by atoms with E-state index in [1.54, 1.807) is 12.1 Å². The summed E-state index contributed by atoms with van der Waals surface area (Å²) in [6.07, 6.45) is 0. The molecule has 0 heterocycles. The number of aryl methyl sites for hydroxylation is 2. The maximum Gasteiger partial charge on any atom is 0.326 e. The zero-order valence-electron chi connectivity index (χ0n) is 8.87. The van der Waals surface area contributed by atoms with Gasteiger partial charge in [0.25, 0.3) is 0 Å². The Kier molecular flexibility index (Phi) is 3.58. The maximum absolute atomic E-state index is 10.8. The third-order valence-electron chi connectivity index (χ3n) is 2.34. The van der Waals surface area contributed by atoms with Crippen molar-refractivity contribution in [2.75, 3.05) is 7.11 Å². The van der Waals surface area contributed by atoms with Gasteiger partial charge in [-0.15, -0.1) is 11.6 Å². The van der Waals surface area contributed by atoms with Crippen LogP contribution in [0.15, 0.2) is 12.1 Å². The summed E-state index contributed by atoms with van der Waals surface area (Å²) in [6, 6.07) is 3.54. The van der Waals surface area contributed by atoms with Crippen molar-refractivity contribution < 1.29 is 14.6 Å². The van der Waals surface area contributed by atoms with Crippen molar-refractivity contribution >= 4 is 17.6 Å². The molecule has 4 heteroatoms. The van der Waals surface area contributed by atoms with E-state index >= 15 is 0 Å². The van der Waals surface area contributed by atoms with Crippen LogP contribution in [0.3, 0.4) is 0 Å². The number of hydrogen-bond acceptors (Lipinski definition) is 2. The van der Waals surface area contributed by atoms with E-state index in [0.717, 1.165) is 11.1 Å². The maximum atomic E-state index is 10.8. The van der Waals surface area contributed by atoms with E-state index in [2.05, 4.69) is 0 Å². The molecule has 0 radical (unpaired) electrons. The number of ether oxygens (including phenoxy) is 1. The van der Waals surface area contributed by atoms with Crippen LogP contribution in [-0.2, 0) is 4.79 Å². The molecule has 0 aliphatic heterocycles. The van der Waals surface area contributed by atoms with Gasteiger partial charge in [-0.2, -0.15) is 0 Å². The fourth-order valence-electron chi connectivity index (χ4n) is 1.32. The zero-order valence-corrected chi connectivity index (χ0v) is 9.63. The Morgan fingerprint density at radius 3 is 2.40 bits per heavy atom. The lowest BCUT2D eigenvalue weighted by Gasteiger charge is -2.13. The smallest absolute Gasteiger partial charge is 0.326 e. The minimum atomic E-state index is -1.07. The average molecular weight is 229 g/mol. The first kappa shape index (κ1) is 11.9. The van der Waals surface area contributed by atoms with E-state index in [1.807, 2.05) is 13.8 Å². The molecule has 1 N–H and O–H groups in total. The lowest BCUT2D eigenvalue weighted by atomic mass is 10.0. The van der Waals surface area contributed by atoms with Gasteiger partial charge in [0.05, 0.1) is 7.11 Å². The summed E-state index contributed by atoms with van der Waals surface area (Å²) in [6.45, 7) is 3.84. The fourth-order valence-corrected chi connectivity index (χ4v) is 1.49. The number of carbonyl (C=O) groups is 1. The van der Waals surface area contributed by atoms with Crippen LogP contribution in [0.4, 0.5) is 0 Å². The number of benzene rings is 1. The second-order valence-corrected chi connectivity index (χ2v) is 3.82. The van der Waals surface area contributed by atoms with Crippen LogP contribution in [0, 0.1) is 13.8 Å². The molecule has 82 valence electrons. The van der Waals surface area contributed by atoms with Crippen LogP contribution in [0.2, 0.25) is 0 Å². The Morgan fingerprint density at radius 2 is 1.93 bits per heavy atom. The van der Waals surface area contributed by atoms with Gasteiger partial charge in [0.15, 0.2) is 5.38 Å². The molecule has 1 aromatic carbocycles. The van der Waals surface area contributed by atoms with Crippen LogP contribution in [0.1, 0.15) is 22.1 Å². The summed E-state index contributed by atoms with van der Waals surface area (Å²) in [5.41, 5.74) is 2.54. The van der Waals surface area contributed by atoms with Crippen molar-refractivity contribution in [3.63, 3.8) is 0 Å². The average Bonchev–Trinajstić information content (AvgIpc) is 2.20. The molecule has 1 rings (SSSR count). The van der Waals surface area contributed by atoms with Gasteiger partial charge in [0, 0.05) is 5.56 Å². The van der Waals surface area contributed by atoms with Crippen molar-refractivity contribution in [2.45, 2.75) is 19.2 Å². The summed E-state index contributed by atoms with van der Waals surface area (Å²) in [5.74, 6) is -0.557. The first-order valence-electron chi connectivity index (χ1n) is 4.49. The van der Waals surface area contributed by atoms with Crippen LogP contribution in [0.25, 0.3) is 0 Å². The third-order valence-corrected chi connectivity index (χ3v) is 2.76. The highest BCUT2D eigenvalue weighted by Crippen LogP contribution is 2.32. The quantitative estimate of drug-likeness (QED) is 0.810. The van der Waals surface area contributed by atoms with E-state index in [9.17, 15) is 4.79 Å². The number of alkyl halides is 1. The second-order valence-electron chi connectivity index (χ2n) is 3.38. The predicted molar refractivity (Wildman–Crippen MR) is 58.7 cm³/mol. The molecule has 1 unspecified atom stereocenters. The van der Waals surface area contributed by atoms with Gasteiger partial charge in [0.1, 0.15) is 5.75 Å². The molecule has 0 aliphatic rings. The second kappa shape index (κ2) is 4.53. The van der Waals surface area contributed by atoms with E-state index in [0.29, 0.717) is 11.3 Å². The molecule has 0 saturated heterocycles. The molecule has 0 fully saturated rings. The zero-order chi connectivity index (χ0) is 11.6. The van der Waals surface area contributed by atoms with Crippen molar-refractivity contribution in [1.29, 1.82) is 0 Å². The Hall–Kier alpha value is -1.22. The minimum absolute atomic E-state index is 0.495. The normalized spacial score (nSPS) is 12.3. The molecule has 0 saturated carbocycles. The molecule has 0 aromatic heterocycles. The van der Waals surface area contributed by atoms with Gasteiger partial charge in [0.2, 0.25) is 0 Å². The highest BCUT2D eigenvalue weighted by molar-refractivity contribution is 6.29. The van der Waals surface area contributed by atoms with Crippen LogP contribution in [0.5, 0.6) is 5.75 Å². The number of rotatable bonds is 3. The molecule has 0 spiro atoms. The SMILES string of the molecule is COc1cc(C)c(C)cc1C(Cl)C(=O)O. The third kappa shape index (κ3) is 2.42. The van der Waals surface area contributed by atoms with E-state index in [1.165, 1.54) is 7.11 Å². The molecule has 0 amide bonds. The van der Waals surface area contributed by atoms with E-state index in [4.69, 9.17) is 21.4 Å². The topological polar surface area (TPSA) is 46.5 Å². The molecular formula is C11H13ClO3. The van der Waals surface area contributed by atoms with Crippen molar-refractivity contribution in [3.05, 3.63) is 28.8 Å². The molecule has 0 aliphatic carbocycles. The van der Waals surface area contributed by atoms with Gasteiger partial charge >= 0.3 is 5.97 Å². The summed E-state index contributed by atoms with van der Waals surface area (Å²) in [4.78, 5) is 10.8. The molecule has 15 heavy (non-hydrogen) atoms. The van der Waals surface area contributed by atoms with Crippen LogP contribution in [-0.4, -0.2) is 18.2 Å². The van der Waals surface area contributed by atoms with Crippen molar-refractivity contribution in [2.24, 2.45) is 0 Å². The van der Waals surface area contributed by atoms with Gasteiger partial charge in [-0.3, -0.25) is 4.79 Å². The van der Waals surface area contributed by atoms with E-state index < -0.39 is 11.3 Å². The molecule has 1 atom stereocenters. The Morgan fingerprint density at radius 1 is 1.40 bits per heavy atom. The number of hydrogen-bond donors (Lipinski definition) is 1. The number of carboxylic acid groups (broad SMARTS) is 1. The first-order valence-corrected chi connectivity index (χ1v) is 4.93. The van der Waals surface area contributed by atoms with Gasteiger partial charge in [-0.1, -0.05) is 6.07 Å². The number of aliphatic carboxylic acids is 1. The monoisotopic (exact) mass is 228 g/mol. The number of methoxy groups -OCH3 is 1. The lowest BCUT2D eigenvalue weighted by Crippen LogP contribution is -2.07. The minimum Gasteiger partial charge on any atom is -0.496 e. The van der Waals surface area contributed by atoms with Gasteiger partial charge < -0.3 is 9.84 Å². The fraction of sp³-hybridized carbons (Fsp3) is 0.364. The predicted octanol–water partition coefficient (Wildman–Crippen LogP) is 2.68. The van der Waals surface area contributed by atoms with Crippen LogP contribution < -0.4 is 4.74 Å². The van der Waals surface area contributed by atoms with Crippen LogP contribution >= 0.6 is 11.6 Å². The standard InChI is InChI=1S/C11H13ClO3/c1-6-4-8(10(12)11(13)14)9(15-3)5-7(6)2/h4-5,10H,1-3H3,(H,13,14). The summed E-state index contributed by atoms with van der Waals surface area (Å²) >= 11 is 5.77. The molecule has 1 aromatic rings. The molecule has 0 bridgehead atoms. The Bertz CT molecular complexity index is 388. The lowest BCUT2D eigenvalue weighted by molar-refractivity contribution is -0.136. The summed E-state index contributed by atoms with van der Waals surface area (Å²) in [5, 5.41) is 7.76. The summed E-state index contributed by atoms with van der Waals surface area (Å²) < 4.78 is 5.10. The number of halogens is 1. The highest BCUT2D eigenvalue weighted by atomic mass is 35.5. The van der Waals surface area contributed by atoms with Gasteiger partial charge in [-0.05, 0) is 31.0 Å². The first-order chi connectivity index (χ1) is 6.97. The Balaban J connectivity index is 3.27. The highest BCUT2D eigenvalue weighted by Gasteiger charge is 2.21.